The molecule has 0 bridgehead atoms. The van der Waals surface area contributed by atoms with Crippen LogP contribution in [-0.2, 0) is 10.0 Å². The van der Waals surface area contributed by atoms with Gasteiger partial charge < -0.3 is 5.32 Å². The molecule has 104 valence electrons. The Kier molecular flexibility index (Phi) is 5.71. The molecule has 1 unspecified atom stereocenters. The molecule has 1 heterocycles. The van der Waals surface area contributed by atoms with Gasteiger partial charge in [-0.1, -0.05) is 0 Å². The fraction of sp³-hybridized carbons (Fsp3) is 0.727. The molecule has 0 aromatic carbocycles. The number of aromatic nitrogens is 1. The van der Waals surface area contributed by atoms with Crippen LogP contribution in [0.4, 0.5) is 0 Å². The third kappa shape index (κ3) is 4.64. The predicted molar refractivity (Wildman–Crippen MR) is 75.5 cm³/mol. The Hall–Kier alpha value is -0.500. The lowest BCUT2D eigenvalue weighted by atomic mass is 10.2. The third-order valence-electron chi connectivity index (χ3n) is 2.53. The molecule has 1 atom stereocenters. The van der Waals surface area contributed by atoms with E-state index in [4.69, 9.17) is 0 Å². The highest BCUT2D eigenvalue weighted by molar-refractivity contribution is 7.89. The highest BCUT2D eigenvalue weighted by Gasteiger charge is 2.19. The van der Waals surface area contributed by atoms with Gasteiger partial charge in [0, 0.05) is 4.88 Å². The lowest BCUT2D eigenvalue weighted by Crippen LogP contribution is -2.30. The zero-order valence-electron chi connectivity index (χ0n) is 11.3. The van der Waals surface area contributed by atoms with Crippen molar-refractivity contribution in [3.8, 4) is 0 Å². The smallest absolute Gasteiger partial charge is 0.212 e. The molecular weight excluding hydrogens is 270 g/mol. The van der Waals surface area contributed by atoms with Gasteiger partial charge in [-0.05, 0) is 40.8 Å². The van der Waals surface area contributed by atoms with Crippen LogP contribution in [0, 0.1) is 13.8 Å². The summed E-state index contributed by atoms with van der Waals surface area (Å²) in [7, 11) is -1.41. The van der Waals surface area contributed by atoms with Gasteiger partial charge in [-0.3, -0.25) is 0 Å². The van der Waals surface area contributed by atoms with Crippen molar-refractivity contribution < 1.29 is 8.42 Å². The van der Waals surface area contributed by atoms with Crippen LogP contribution < -0.4 is 10.0 Å². The average Bonchev–Trinajstić information content (AvgIpc) is 2.57. The second-order valence-corrected chi connectivity index (χ2v) is 7.41. The predicted octanol–water partition coefficient (Wildman–Crippen LogP) is 1.35. The van der Waals surface area contributed by atoms with Gasteiger partial charge in [0.25, 0.3) is 0 Å². The summed E-state index contributed by atoms with van der Waals surface area (Å²) in [6, 6.07) is -0.212. The van der Waals surface area contributed by atoms with E-state index in [0.29, 0.717) is 13.0 Å². The van der Waals surface area contributed by atoms with Gasteiger partial charge in [0.15, 0.2) is 0 Å². The molecule has 1 aromatic heterocycles. The Balaban J connectivity index is 2.64. The molecule has 0 saturated carbocycles. The van der Waals surface area contributed by atoms with Crippen LogP contribution in [0.15, 0.2) is 0 Å². The lowest BCUT2D eigenvalue weighted by molar-refractivity contribution is 0.564. The fourth-order valence-electron chi connectivity index (χ4n) is 1.77. The molecule has 5 nitrogen and oxygen atoms in total. The lowest BCUT2D eigenvalue weighted by Gasteiger charge is -2.13. The van der Waals surface area contributed by atoms with Crippen molar-refractivity contribution in [2.24, 2.45) is 0 Å². The second kappa shape index (κ2) is 6.60. The number of sulfonamides is 1. The minimum Gasteiger partial charge on any atom is -0.320 e. The van der Waals surface area contributed by atoms with E-state index in [1.165, 1.54) is 0 Å². The van der Waals surface area contributed by atoms with Crippen molar-refractivity contribution in [2.75, 3.05) is 19.3 Å². The molecule has 7 heteroatoms. The number of hydrogen-bond acceptors (Lipinski definition) is 5. The summed E-state index contributed by atoms with van der Waals surface area (Å²) in [5, 5.41) is 3.90. The van der Waals surface area contributed by atoms with Gasteiger partial charge in [-0.25, -0.2) is 18.1 Å². The summed E-state index contributed by atoms with van der Waals surface area (Å²) in [5.74, 6) is 0.148. The van der Waals surface area contributed by atoms with E-state index < -0.39 is 10.0 Å². The van der Waals surface area contributed by atoms with Crippen LogP contribution in [0.5, 0.6) is 0 Å². The van der Waals surface area contributed by atoms with Crippen molar-refractivity contribution in [1.29, 1.82) is 0 Å². The first kappa shape index (κ1) is 15.6. The summed E-state index contributed by atoms with van der Waals surface area (Å²) in [4.78, 5) is 5.30. The van der Waals surface area contributed by atoms with E-state index in [-0.39, 0.29) is 11.8 Å². The molecule has 0 amide bonds. The zero-order valence-corrected chi connectivity index (χ0v) is 12.9. The van der Waals surface area contributed by atoms with Gasteiger partial charge in [0.2, 0.25) is 10.0 Å². The van der Waals surface area contributed by atoms with Crippen LogP contribution >= 0.6 is 11.3 Å². The number of nitrogens with one attached hydrogen (secondary N) is 2. The SMILES string of the molecule is CNCCCS(=O)(=O)NC(C)c1sc(C)nc1C. The highest BCUT2D eigenvalue weighted by Crippen LogP contribution is 2.24. The van der Waals surface area contributed by atoms with Crippen LogP contribution in [-0.4, -0.2) is 32.7 Å². The van der Waals surface area contributed by atoms with Crippen molar-refractivity contribution in [3.05, 3.63) is 15.6 Å². The normalized spacial score (nSPS) is 13.8. The first-order valence-corrected chi connectivity index (χ1v) is 8.41. The largest absolute Gasteiger partial charge is 0.320 e. The maximum atomic E-state index is 11.9. The van der Waals surface area contributed by atoms with Gasteiger partial charge in [-0.2, -0.15) is 0 Å². The Bertz CT molecular complexity index is 482. The minimum absolute atomic E-state index is 0.148. The molecule has 0 aliphatic heterocycles. The van der Waals surface area contributed by atoms with Gasteiger partial charge >= 0.3 is 0 Å². The summed E-state index contributed by atoms with van der Waals surface area (Å²) in [6.45, 7) is 6.39. The van der Waals surface area contributed by atoms with Crippen LogP contribution in [0.25, 0.3) is 0 Å². The molecule has 1 aromatic rings. The quantitative estimate of drug-likeness (QED) is 0.744. The Morgan fingerprint density at radius 1 is 1.39 bits per heavy atom. The van der Waals surface area contributed by atoms with E-state index in [1.807, 2.05) is 27.8 Å². The average molecular weight is 291 g/mol. The number of aryl methyl sites for hydroxylation is 2. The number of thiazole rings is 1. The Morgan fingerprint density at radius 3 is 2.56 bits per heavy atom. The first-order chi connectivity index (χ1) is 8.35. The summed E-state index contributed by atoms with van der Waals surface area (Å²) in [5.41, 5.74) is 0.905. The molecule has 0 radical (unpaired) electrons. The van der Waals surface area contributed by atoms with Crippen LogP contribution in [0.1, 0.15) is 35.0 Å². The van der Waals surface area contributed by atoms with E-state index in [9.17, 15) is 8.42 Å². The van der Waals surface area contributed by atoms with Gasteiger partial charge in [0.05, 0.1) is 22.5 Å². The first-order valence-electron chi connectivity index (χ1n) is 5.94. The van der Waals surface area contributed by atoms with E-state index in [2.05, 4.69) is 15.0 Å². The maximum absolute atomic E-state index is 11.9. The summed E-state index contributed by atoms with van der Waals surface area (Å²) >= 11 is 1.54. The highest BCUT2D eigenvalue weighted by atomic mass is 32.2. The third-order valence-corrected chi connectivity index (χ3v) is 5.32. The van der Waals surface area contributed by atoms with Crippen molar-refractivity contribution >= 4 is 21.4 Å². The minimum atomic E-state index is -3.22. The van der Waals surface area contributed by atoms with E-state index in [1.54, 1.807) is 11.3 Å². The molecule has 18 heavy (non-hydrogen) atoms. The molecule has 2 N–H and O–H groups in total. The Morgan fingerprint density at radius 2 is 2.06 bits per heavy atom. The summed E-state index contributed by atoms with van der Waals surface area (Å²) < 4.78 is 26.4. The van der Waals surface area contributed by atoms with Crippen molar-refractivity contribution in [3.63, 3.8) is 0 Å². The number of nitrogens with zero attached hydrogens (tertiary/aromatic N) is 1. The van der Waals surface area contributed by atoms with Crippen molar-refractivity contribution in [2.45, 2.75) is 33.2 Å². The number of hydrogen-bond donors (Lipinski definition) is 2. The molecule has 0 saturated heterocycles. The van der Waals surface area contributed by atoms with Crippen LogP contribution in [0.2, 0.25) is 0 Å². The van der Waals surface area contributed by atoms with E-state index in [0.717, 1.165) is 15.6 Å². The Labute approximate surface area is 113 Å². The molecule has 0 spiro atoms. The molecule has 0 aliphatic carbocycles. The number of rotatable bonds is 7. The zero-order chi connectivity index (χ0) is 13.8. The molecule has 0 fully saturated rings. The van der Waals surface area contributed by atoms with Crippen LogP contribution in [0.3, 0.4) is 0 Å². The molecular formula is C11H21N3O2S2. The second-order valence-electron chi connectivity index (χ2n) is 4.30. The van der Waals surface area contributed by atoms with E-state index >= 15 is 0 Å². The molecule has 1 rings (SSSR count). The van der Waals surface area contributed by atoms with Gasteiger partial charge in [-0.15, -0.1) is 11.3 Å². The van der Waals surface area contributed by atoms with Gasteiger partial charge in [0.1, 0.15) is 0 Å². The standard InChI is InChI=1S/C11H21N3O2S2/c1-8-11(17-10(3)13-8)9(2)14-18(15,16)7-5-6-12-4/h9,12,14H,5-7H2,1-4H3. The monoisotopic (exact) mass is 291 g/mol. The maximum Gasteiger partial charge on any atom is 0.212 e. The topological polar surface area (TPSA) is 71.1 Å². The molecule has 0 aliphatic rings. The fourth-order valence-corrected chi connectivity index (χ4v) is 4.07. The summed E-state index contributed by atoms with van der Waals surface area (Å²) in [6.07, 6.45) is 0.610. The van der Waals surface area contributed by atoms with Crippen molar-refractivity contribution in [1.82, 2.24) is 15.0 Å².